The smallest absolute Gasteiger partial charge is 0.118 e. The van der Waals surface area contributed by atoms with Gasteiger partial charge in [-0.2, -0.15) is 0 Å². The van der Waals surface area contributed by atoms with Gasteiger partial charge in [-0.15, -0.1) is 0 Å². The predicted molar refractivity (Wildman–Crippen MR) is 86.9 cm³/mol. The highest BCUT2D eigenvalue weighted by Crippen LogP contribution is 2.25. The van der Waals surface area contributed by atoms with Crippen LogP contribution >= 0.6 is 0 Å². The van der Waals surface area contributed by atoms with Gasteiger partial charge in [0.2, 0.25) is 0 Å². The van der Waals surface area contributed by atoms with Crippen LogP contribution in [0.2, 0.25) is 0 Å². The highest BCUT2D eigenvalue weighted by Gasteiger charge is 2.31. The van der Waals surface area contributed by atoms with Crippen LogP contribution in [0, 0.1) is 5.92 Å². The number of methoxy groups -OCH3 is 1. The number of rotatable bonds is 8. The first-order valence-corrected chi connectivity index (χ1v) is 8.22. The summed E-state index contributed by atoms with van der Waals surface area (Å²) in [6.45, 7) is 6.51. The molecule has 0 aromatic heterocycles. The number of hydrogen-bond acceptors (Lipinski definition) is 3. The molecule has 0 saturated carbocycles. The number of hydrogen-bond donors (Lipinski definition) is 1. The third kappa shape index (κ3) is 4.72. The number of nitrogens with one attached hydrogen (secondary N) is 1. The number of ether oxygens (including phenoxy) is 2. The van der Waals surface area contributed by atoms with Gasteiger partial charge in [-0.3, -0.25) is 0 Å². The molecule has 1 aliphatic rings. The molecule has 1 aromatic carbocycles. The van der Waals surface area contributed by atoms with Crippen LogP contribution in [-0.4, -0.2) is 32.4 Å². The minimum Gasteiger partial charge on any atom is -0.497 e. The molecule has 3 nitrogen and oxygen atoms in total. The Hall–Kier alpha value is -1.06. The molecule has 1 aliphatic heterocycles. The van der Waals surface area contributed by atoms with Gasteiger partial charge in [0.25, 0.3) is 0 Å². The van der Waals surface area contributed by atoms with Crippen LogP contribution in [0.25, 0.3) is 0 Å². The van der Waals surface area contributed by atoms with Gasteiger partial charge in [-0.05, 0) is 55.8 Å². The van der Waals surface area contributed by atoms with Crippen molar-refractivity contribution >= 4 is 0 Å². The first kappa shape index (κ1) is 16.3. The average Bonchev–Trinajstić information content (AvgIpc) is 2.94. The fourth-order valence-electron chi connectivity index (χ4n) is 3.06. The molecule has 1 saturated heterocycles. The molecule has 2 rings (SSSR count). The van der Waals surface area contributed by atoms with E-state index in [-0.39, 0.29) is 0 Å². The van der Waals surface area contributed by atoms with E-state index in [2.05, 4.69) is 31.3 Å². The molecule has 1 N–H and O–H groups in total. The first-order valence-electron chi connectivity index (χ1n) is 8.22. The molecule has 0 radical (unpaired) electrons. The van der Waals surface area contributed by atoms with E-state index < -0.39 is 0 Å². The van der Waals surface area contributed by atoms with Crippen molar-refractivity contribution in [2.45, 2.75) is 51.7 Å². The monoisotopic (exact) mass is 291 g/mol. The van der Waals surface area contributed by atoms with Crippen molar-refractivity contribution in [2.24, 2.45) is 5.92 Å². The van der Waals surface area contributed by atoms with E-state index in [1.165, 1.54) is 18.4 Å². The van der Waals surface area contributed by atoms with Gasteiger partial charge in [0.1, 0.15) is 5.75 Å². The lowest BCUT2D eigenvalue weighted by Gasteiger charge is -2.27. The molecule has 3 unspecified atom stereocenters. The molecular formula is C18H29NO2. The van der Waals surface area contributed by atoms with Gasteiger partial charge in [0.05, 0.1) is 13.2 Å². The fraction of sp³-hybridized carbons (Fsp3) is 0.667. The van der Waals surface area contributed by atoms with Crippen LogP contribution in [-0.2, 0) is 11.2 Å². The quantitative estimate of drug-likeness (QED) is 0.796. The summed E-state index contributed by atoms with van der Waals surface area (Å²) in [4.78, 5) is 0. The second kappa shape index (κ2) is 8.40. The van der Waals surface area contributed by atoms with Crippen molar-refractivity contribution in [2.75, 3.05) is 20.3 Å². The minimum atomic E-state index is 0.370. The maximum Gasteiger partial charge on any atom is 0.118 e. The zero-order valence-corrected chi connectivity index (χ0v) is 13.6. The summed E-state index contributed by atoms with van der Waals surface area (Å²) in [7, 11) is 1.71. The normalized spacial score (nSPS) is 23.2. The maximum atomic E-state index is 5.97. The van der Waals surface area contributed by atoms with Crippen molar-refractivity contribution in [1.29, 1.82) is 0 Å². The highest BCUT2D eigenvalue weighted by atomic mass is 16.5. The van der Waals surface area contributed by atoms with Gasteiger partial charge in [0, 0.05) is 12.6 Å². The lowest BCUT2D eigenvalue weighted by Crippen LogP contribution is -2.42. The standard InChI is InChI=1S/C18H29NO2/c1-4-12-19-17(18-14(2)11-13-21-18)10-7-15-5-8-16(20-3)9-6-15/h5-6,8-9,14,17-19H,4,7,10-13H2,1-3H3. The molecule has 21 heavy (non-hydrogen) atoms. The zero-order chi connectivity index (χ0) is 15.1. The molecule has 3 heteroatoms. The highest BCUT2D eigenvalue weighted by molar-refractivity contribution is 5.27. The lowest BCUT2D eigenvalue weighted by molar-refractivity contribution is 0.0584. The molecule has 1 fully saturated rings. The Kier molecular flexibility index (Phi) is 6.52. The number of aryl methyl sites for hydroxylation is 1. The summed E-state index contributed by atoms with van der Waals surface area (Å²) in [5, 5.41) is 3.68. The molecule has 0 spiro atoms. The first-order chi connectivity index (χ1) is 10.2. The van der Waals surface area contributed by atoms with Crippen LogP contribution in [0.15, 0.2) is 24.3 Å². The minimum absolute atomic E-state index is 0.370. The van der Waals surface area contributed by atoms with E-state index in [9.17, 15) is 0 Å². The largest absolute Gasteiger partial charge is 0.497 e. The summed E-state index contributed by atoms with van der Waals surface area (Å²) in [6.07, 6.45) is 4.94. The SMILES string of the molecule is CCCNC(CCc1ccc(OC)cc1)C1OCCC1C. The summed E-state index contributed by atoms with van der Waals surface area (Å²) < 4.78 is 11.2. The Morgan fingerprint density at radius 3 is 2.67 bits per heavy atom. The molecule has 1 aromatic rings. The van der Waals surface area contributed by atoms with Crippen molar-refractivity contribution in [3.63, 3.8) is 0 Å². The van der Waals surface area contributed by atoms with Crippen LogP contribution in [0.1, 0.15) is 38.7 Å². The van der Waals surface area contributed by atoms with E-state index in [1.807, 2.05) is 12.1 Å². The van der Waals surface area contributed by atoms with Gasteiger partial charge >= 0.3 is 0 Å². The summed E-state index contributed by atoms with van der Waals surface area (Å²) in [6, 6.07) is 8.87. The topological polar surface area (TPSA) is 30.5 Å². The van der Waals surface area contributed by atoms with Gasteiger partial charge < -0.3 is 14.8 Å². The Labute approximate surface area is 129 Å². The van der Waals surface area contributed by atoms with Gasteiger partial charge in [0.15, 0.2) is 0 Å². The third-order valence-electron chi connectivity index (χ3n) is 4.40. The fourth-order valence-corrected chi connectivity index (χ4v) is 3.06. The maximum absolute atomic E-state index is 5.97. The number of benzene rings is 1. The van der Waals surface area contributed by atoms with E-state index in [0.29, 0.717) is 18.1 Å². The Bertz CT molecular complexity index is 404. The summed E-state index contributed by atoms with van der Waals surface area (Å²) in [5.41, 5.74) is 1.37. The molecule has 0 bridgehead atoms. The van der Waals surface area contributed by atoms with Crippen LogP contribution in [0.5, 0.6) is 5.75 Å². The van der Waals surface area contributed by atoms with E-state index in [1.54, 1.807) is 7.11 Å². The summed E-state index contributed by atoms with van der Waals surface area (Å²) >= 11 is 0. The van der Waals surface area contributed by atoms with E-state index >= 15 is 0 Å². The van der Waals surface area contributed by atoms with E-state index in [4.69, 9.17) is 9.47 Å². The zero-order valence-electron chi connectivity index (χ0n) is 13.6. The Morgan fingerprint density at radius 2 is 2.10 bits per heavy atom. The lowest BCUT2D eigenvalue weighted by atomic mass is 9.93. The van der Waals surface area contributed by atoms with Crippen LogP contribution < -0.4 is 10.1 Å². The second-order valence-electron chi connectivity index (χ2n) is 6.05. The molecular weight excluding hydrogens is 262 g/mol. The van der Waals surface area contributed by atoms with Crippen molar-refractivity contribution in [3.8, 4) is 5.75 Å². The van der Waals surface area contributed by atoms with E-state index in [0.717, 1.165) is 31.7 Å². The average molecular weight is 291 g/mol. The summed E-state index contributed by atoms with van der Waals surface area (Å²) in [5.74, 6) is 1.59. The Morgan fingerprint density at radius 1 is 1.33 bits per heavy atom. The predicted octanol–water partition coefficient (Wildman–Crippen LogP) is 3.42. The molecule has 118 valence electrons. The van der Waals surface area contributed by atoms with Crippen LogP contribution in [0.3, 0.4) is 0 Å². The molecule has 0 amide bonds. The Balaban J connectivity index is 1.90. The van der Waals surface area contributed by atoms with Crippen molar-refractivity contribution in [1.82, 2.24) is 5.32 Å². The molecule has 3 atom stereocenters. The molecule has 1 heterocycles. The van der Waals surface area contributed by atoms with Gasteiger partial charge in [-0.25, -0.2) is 0 Å². The van der Waals surface area contributed by atoms with Gasteiger partial charge in [-0.1, -0.05) is 26.0 Å². The van der Waals surface area contributed by atoms with Crippen molar-refractivity contribution in [3.05, 3.63) is 29.8 Å². The van der Waals surface area contributed by atoms with Crippen molar-refractivity contribution < 1.29 is 9.47 Å². The molecule has 0 aliphatic carbocycles. The third-order valence-corrected chi connectivity index (χ3v) is 4.40. The second-order valence-corrected chi connectivity index (χ2v) is 6.05. The van der Waals surface area contributed by atoms with Crippen LogP contribution in [0.4, 0.5) is 0 Å².